The Morgan fingerprint density at radius 2 is 2.42 bits per heavy atom. The van der Waals surface area contributed by atoms with E-state index in [0.29, 0.717) is 12.4 Å². The number of benzene rings is 1. The third-order valence-electron chi connectivity index (χ3n) is 2.87. The molecule has 0 saturated carbocycles. The molecule has 2 rings (SSSR count). The summed E-state index contributed by atoms with van der Waals surface area (Å²) in [5, 5.41) is 0.0907. The predicted molar refractivity (Wildman–Crippen MR) is 72.1 cm³/mol. The molecule has 6 heteroatoms. The Kier molecular flexibility index (Phi) is 4.47. The van der Waals surface area contributed by atoms with Crippen LogP contribution in [0.1, 0.15) is 19.8 Å². The van der Waals surface area contributed by atoms with E-state index in [9.17, 15) is 4.39 Å². The second-order valence-electron chi connectivity index (χ2n) is 4.51. The topological polar surface area (TPSA) is 56.8 Å². The maximum absolute atomic E-state index is 13.2. The summed E-state index contributed by atoms with van der Waals surface area (Å²) in [6.07, 6.45) is 1.56. The van der Waals surface area contributed by atoms with Gasteiger partial charge in [0.25, 0.3) is 6.02 Å². The van der Waals surface area contributed by atoms with Crippen molar-refractivity contribution in [1.82, 2.24) is 0 Å². The molecule has 0 aliphatic carbocycles. The van der Waals surface area contributed by atoms with Gasteiger partial charge in [-0.3, -0.25) is 0 Å². The molecule has 4 nitrogen and oxygen atoms in total. The number of rotatable bonds is 5. The number of nitrogens with two attached hydrogens (primary N) is 1. The van der Waals surface area contributed by atoms with Crippen molar-refractivity contribution in [2.24, 2.45) is 10.7 Å². The molecule has 1 heterocycles. The van der Waals surface area contributed by atoms with Gasteiger partial charge in [0.05, 0.1) is 17.2 Å². The van der Waals surface area contributed by atoms with Crippen LogP contribution in [0.3, 0.4) is 0 Å². The molecular weight excluding hydrogens is 271 g/mol. The van der Waals surface area contributed by atoms with Crippen LogP contribution in [0.5, 0.6) is 5.75 Å². The lowest BCUT2D eigenvalue weighted by atomic mass is 10.1. The van der Waals surface area contributed by atoms with Crippen molar-refractivity contribution in [1.29, 1.82) is 0 Å². The van der Waals surface area contributed by atoms with Gasteiger partial charge in [-0.05, 0) is 31.9 Å². The van der Waals surface area contributed by atoms with Gasteiger partial charge in [0.1, 0.15) is 18.2 Å². The predicted octanol–water partition coefficient (Wildman–Crippen LogP) is 2.74. The minimum Gasteiger partial charge on any atom is -0.491 e. The first-order valence-electron chi connectivity index (χ1n) is 6.12. The smallest absolute Gasteiger partial charge is 0.282 e. The molecule has 1 aliphatic rings. The van der Waals surface area contributed by atoms with E-state index < -0.39 is 5.82 Å². The zero-order valence-corrected chi connectivity index (χ0v) is 11.4. The van der Waals surface area contributed by atoms with E-state index in [0.717, 1.165) is 12.8 Å². The van der Waals surface area contributed by atoms with Crippen molar-refractivity contribution in [3.63, 3.8) is 0 Å². The summed E-state index contributed by atoms with van der Waals surface area (Å²) in [5.74, 6) is -0.00646. The lowest BCUT2D eigenvalue weighted by molar-refractivity contribution is 0.199. The molecule has 19 heavy (non-hydrogen) atoms. The van der Waals surface area contributed by atoms with Gasteiger partial charge in [0.2, 0.25) is 0 Å². The molecule has 1 aromatic carbocycles. The maximum Gasteiger partial charge on any atom is 0.282 e. The summed E-state index contributed by atoms with van der Waals surface area (Å²) in [4.78, 5) is 4.13. The van der Waals surface area contributed by atoms with Crippen LogP contribution in [-0.4, -0.2) is 24.8 Å². The average molecular weight is 287 g/mol. The van der Waals surface area contributed by atoms with Gasteiger partial charge in [-0.25, -0.2) is 9.38 Å². The SMILES string of the molecule is C[C@H](CC[C@H]1COC(N)=N1)Oc1ccc(Cl)c(F)c1. The summed E-state index contributed by atoms with van der Waals surface area (Å²) < 4.78 is 23.9. The number of hydrogen-bond acceptors (Lipinski definition) is 4. The van der Waals surface area contributed by atoms with Gasteiger partial charge in [-0.2, -0.15) is 0 Å². The molecule has 0 aromatic heterocycles. The van der Waals surface area contributed by atoms with Crippen LogP contribution in [0.4, 0.5) is 4.39 Å². The highest BCUT2D eigenvalue weighted by Crippen LogP contribution is 2.22. The molecule has 0 unspecified atom stereocenters. The van der Waals surface area contributed by atoms with Gasteiger partial charge in [0.15, 0.2) is 0 Å². The summed E-state index contributed by atoms with van der Waals surface area (Å²) in [7, 11) is 0. The fraction of sp³-hybridized carbons (Fsp3) is 0.462. The van der Waals surface area contributed by atoms with E-state index in [1.165, 1.54) is 12.1 Å². The Bertz CT molecular complexity index is 482. The minimum atomic E-state index is -0.479. The largest absolute Gasteiger partial charge is 0.491 e. The Labute approximate surface area is 116 Å². The summed E-state index contributed by atoms with van der Waals surface area (Å²) in [6, 6.07) is 4.76. The van der Waals surface area contributed by atoms with Crippen LogP contribution in [0, 0.1) is 5.82 Å². The number of nitrogens with zero attached hydrogens (tertiary/aromatic N) is 1. The molecule has 0 bridgehead atoms. The van der Waals surface area contributed by atoms with Gasteiger partial charge in [0, 0.05) is 6.07 Å². The van der Waals surface area contributed by atoms with Crippen molar-refractivity contribution in [3.8, 4) is 5.75 Å². The lowest BCUT2D eigenvalue weighted by Crippen LogP contribution is -2.16. The second-order valence-corrected chi connectivity index (χ2v) is 4.92. The van der Waals surface area contributed by atoms with Gasteiger partial charge in [-0.1, -0.05) is 11.6 Å². The zero-order valence-electron chi connectivity index (χ0n) is 10.6. The van der Waals surface area contributed by atoms with Crippen LogP contribution >= 0.6 is 11.6 Å². The number of hydrogen-bond donors (Lipinski definition) is 1. The highest BCUT2D eigenvalue weighted by molar-refractivity contribution is 6.30. The summed E-state index contributed by atoms with van der Waals surface area (Å²) in [5.41, 5.74) is 5.43. The Hall–Kier alpha value is -1.49. The van der Waals surface area contributed by atoms with Gasteiger partial charge >= 0.3 is 0 Å². The van der Waals surface area contributed by atoms with E-state index in [-0.39, 0.29) is 23.2 Å². The van der Waals surface area contributed by atoms with Crippen LogP contribution in [-0.2, 0) is 4.74 Å². The van der Waals surface area contributed by atoms with Crippen LogP contribution in [0.15, 0.2) is 23.2 Å². The van der Waals surface area contributed by atoms with Crippen molar-refractivity contribution >= 4 is 17.6 Å². The molecule has 2 atom stereocenters. The van der Waals surface area contributed by atoms with E-state index in [4.69, 9.17) is 26.8 Å². The maximum atomic E-state index is 13.2. The van der Waals surface area contributed by atoms with Crippen LogP contribution in [0.25, 0.3) is 0 Å². The normalized spacial score (nSPS) is 19.7. The van der Waals surface area contributed by atoms with Gasteiger partial charge in [-0.15, -0.1) is 0 Å². The quantitative estimate of drug-likeness (QED) is 0.905. The third kappa shape index (κ3) is 3.99. The van der Waals surface area contributed by atoms with E-state index >= 15 is 0 Å². The molecule has 0 radical (unpaired) electrons. The fourth-order valence-corrected chi connectivity index (χ4v) is 1.97. The first-order chi connectivity index (χ1) is 9.04. The Balaban J connectivity index is 1.80. The van der Waals surface area contributed by atoms with Gasteiger partial charge < -0.3 is 15.2 Å². The Morgan fingerprint density at radius 3 is 3.05 bits per heavy atom. The third-order valence-corrected chi connectivity index (χ3v) is 3.17. The second kappa shape index (κ2) is 6.10. The molecule has 0 amide bonds. The van der Waals surface area contributed by atoms with Crippen molar-refractivity contribution in [3.05, 3.63) is 29.0 Å². The fourth-order valence-electron chi connectivity index (χ4n) is 1.85. The lowest BCUT2D eigenvalue weighted by Gasteiger charge is -2.15. The number of aliphatic imine (C=N–C) groups is 1. The standard InChI is InChI=1S/C13H16ClFN2O2/c1-8(2-3-9-7-18-13(16)17-9)19-10-4-5-11(14)12(15)6-10/h4-6,8-9H,2-3,7H2,1H3,(H2,16,17)/t8-,9+/m1/s1. The van der Waals surface area contributed by atoms with Crippen molar-refractivity contribution in [2.75, 3.05) is 6.61 Å². The van der Waals surface area contributed by atoms with Crippen molar-refractivity contribution < 1.29 is 13.9 Å². The minimum absolute atomic E-state index is 0.0439. The van der Waals surface area contributed by atoms with E-state index in [2.05, 4.69) is 4.99 Å². The number of halogens is 2. The van der Waals surface area contributed by atoms with E-state index in [1.807, 2.05) is 6.92 Å². The Morgan fingerprint density at radius 1 is 1.63 bits per heavy atom. The molecular formula is C13H16ClFN2O2. The molecule has 1 aromatic rings. The molecule has 0 fully saturated rings. The molecule has 0 saturated heterocycles. The monoisotopic (exact) mass is 286 g/mol. The first-order valence-corrected chi connectivity index (χ1v) is 6.50. The highest BCUT2D eigenvalue weighted by atomic mass is 35.5. The van der Waals surface area contributed by atoms with E-state index in [1.54, 1.807) is 6.07 Å². The summed E-state index contributed by atoms with van der Waals surface area (Å²) in [6.45, 7) is 2.45. The highest BCUT2D eigenvalue weighted by Gasteiger charge is 2.18. The molecule has 104 valence electrons. The first kappa shape index (κ1) is 13.9. The molecule has 1 aliphatic heterocycles. The zero-order chi connectivity index (χ0) is 13.8. The summed E-state index contributed by atoms with van der Waals surface area (Å²) >= 11 is 5.61. The van der Waals surface area contributed by atoms with Crippen molar-refractivity contribution in [2.45, 2.75) is 31.9 Å². The number of amidine groups is 1. The number of ether oxygens (including phenoxy) is 2. The van der Waals surface area contributed by atoms with Crippen LogP contribution < -0.4 is 10.5 Å². The molecule has 2 N–H and O–H groups in total. The molecule has 0 spiro atoms. The van der Waals surface area contributed by atoms with Crippen LogP contribution in [0.2, 0.25) is 5.02 Å². The average Bonchev–Trinajstić information content (AvgIpc) is 2.77.